The van der Waals surface area contributed by atoms with Gasteiger partial charge in [-0.15, -0.1) is 0 Å². The summed E-state index contributed by atoms with van der Waals surface area (Å²) >= 11 is 5.79. The molecule has 0 fully saturated rings. The summed E-state index contributed by atoms with van der Waals surface area (Å²) in [6.45, 7) is 3.89. The molecular formula is C15H16ClN3O. The van der Waals surface area contributed by atoms with Gasteiger partial charge in [0.05, 0.1) is 11.4 Å². The van der Waals surface area contributed by atoms with Crippen molar-refractivity contribution in [1.82, 2.24) is 0 Å². The first-order valence-electron chi connectivity index (χ1n) is 6.16. The van der Waals surface area contributed by atoms with E-state index in [2.05, 4.69) is 10.6 Å². The average Bonchev–Trinajstić information content (AvgIpc) is 2.42. The van der Waals surface area contributed by atoms with Gasteiger partial charge in [-0.2, -0.15) is 0 Å². The van der Waals surface area contributed by atoms with Gasteiger partial charge in [0.15, 0.2) is 0 Å². The van der Waals surface area contributed by atoms with Crippen molar-refractivity contribution in [2.75, 3.05) is 16.4 Å². The van der Waals surface area contributed by atoms with Crippen molar-refractivity contribution in [3.05, 3.63) is 52.5 Å². The Balaban J connectivity index is 2.12. The molecule has 0 saturated carbocycles. The maximum atomic E-state index is 12.0. The molecule has 4 N–H and O–H groups in total. The van der Waals surface area contributed by atoms with E-state index in [-0.39, 0.29) is 6.03 Å². The SMILES string of the molecule is Cc1ccc(N)c(NC(=O)Nc2ccc(Cl)cc2)c1C. The lowest BCUT2D eigenvalue weighted by atomic mass is 10.1. The van der Waals surface area contributed by atoms with Gasteiger partial charge >= 0.3 is 6.03 Å². The zero-order valence-electron chi connectivity index (χ0n) is 11.3. The Bertz CT molecular complexity index is 638. The minimum absolute atomic E-state index is 0.340. The summed E-state index contributed by atoms with van der Waals surface area (Å²) in [6.07, 6.45) is 0. The first-order valence-corrected chi connectivity index (χ1v) is 6.54. The average molecular weight is 290 g/mol. The highest BCUT2D eigenvalue weighted by Gasteiger charge is 2.09. The molecule has 0 aromatic heterocycles. The van der Waals surface area contributed by atoms with Crippen molar-refractivity contribution in [2.45, 2.75) is 13.8 Å². The Labute approximate surface area is 122 Å². The number of benzene rings is 2. The molecule has 0 heterocycles. The molecule has 0 bridgehead atoms. The van der Waals surface area contributed by atoms with E-state index in [1.165, 1.54) is 0 Å². The van der Waals surface area contributed by atoms with Crippen LogP contribution < -0.4 is 16.4 Å². The zero-order valence-corrected chi connectivity index (χ0v) is 12.1. The quantitative estimate of drug-likeness (QED) is 0.726. The lowest BCUT2D eigenvalue weighted by Gasteiger charge is -2.14. The lowest BCUT2D eigenvalue weighted by Crippen LogP contribution is -2.21. The van der Waals surface area contributed by atoms with Gasteiger partial charge in [0.1, 0.15) is 0 Å². The summed E-state index contributed by atoms with van der Waals surface area (Å²) in [4.78, 5) is 12.0. The van der Waals surface area contributed by atoms with Gasteiger partial charge in [0.2, 0.25) is 0 Å². The fraction of sp³-hybridized carbons (Fsp3) is 0.133. The van der Waals surface area contributed by atoms with Crippen LogP contribution in [0.3, 0.4) is 0 Å². The third kappa shape index (κ3) is 3.22. The van der Waals surface area contributed by atoms with Gasteiger partial charge in [-0.25, -0.2) is 4.79 Å². The molecule has 2 aromatic carbocycles. The number of hydrogen-bond donors (Lipinski definition) is 3. The van der Waals surface area contributed by atoms with E-state index in [9.17, 15) is 4.79 Å². The minimum atomic E-state index is -0.340. The van der Waals surface area contributed by atoms with Crippen LogP contribution in [0.5, 0.6) is 0 Å². The summed E-state index contributed by atoms with van der Waals surface area (Å²) < 4.78 is 0. The van der Waals surface area contributed by atoms with E-state index in [4.69, 9.17) is 17.3 Å². The van der Waals surface area contributed by atoms with E-state index in [1.807, 2.05) is 19.9 Å². The van der Waals surface area contributed by atoms with E-state index < -0.39 is 0 Å². The van der Waals surface area contributed by atoms with Crippen LogP contribution in [0.2, 0.25) is 5.02 Å². The minimum Gasteiger partial charge on any atom is -0.397 e. The molecule has 104 valence electrons. The fourth-order valence-electron chi connectivity index (χ4n) is 1.81. The Kier molecular flexibility index (Phi) is 4.15. The highest BCUT2D eigenvalue weighted by molar-refractivity contribution is 6.30. The van der Waals surface area contributed by atoms with Crippen molar-refractivity contribution >= 4 is 34.7 Å². The smallest absolute Gasteiger partial charge is 0.323 e. The number of rotatable bonds is 2. The van der Waals surface area contributed by atoms with Gasteiger partial charge in [0, 0.05) is 10.7 Å². The van der Waals surface area contributed by atoms with Gasteiger partial charge in [-0.1, -0.05) is 17.7 Å². The molecule has 0 aliphatic heterocycles. The van der Waals surface area contributed by atoms with Crippen molar-refractivity contribution < 1.29 is 4.79 Å². The Morgan fingerprint density at radius 2 is 1.70 bits per heavy atom. The standard InChI is InChI=1S/C15H16ClN3O/c1-9-3-8-13(17)14(10(9)2)19-15(20)18-12-6-4-11(16)5-7-12/h3-8H,17H2,1-2H3,(H2,18,19,20). The highest BCUT2D eigenvalue weighted by Crippen LogP contribution is 2.26. The Morgan fingerprint density at radius 3 is 2.35 bits per heavy atom. The Hall–Kier alpha value is -2.20. The van der Waals surface area contributed by atoms with Crippen LogP contribution in [0.1, 0.15) is 11.1 Å². The third-order valence-electron chi connectivity index (χ3n) is 3.11. The summed E-state index contributed by atoms with van der Waals surface area (Å²) in [5, 5.41) is 6.12. The van der Waals surface area contributed by atoms with Gasteiger partial charge in [-0.3, -0.25) is 0 Å². The number of anilines is 3. The first-order chi connectivity index (χ1) is 9.47. The maximum Gasteiger partial charge on any atom is 0.323 e. The van der Waals surface area contributed by atoms with E-state index in [0.717, 1.165) is 11.1 Å². The predicted octanol–water partition coefficient (Wildman–Crippen LogP) is 4.18. The first kappa shape index (κ1) is 14.2. The second kappa shape index (κ2) is 5.84. The summed E-state index contributed by atoms with van der Waals surface area (Å²) in [5.74, 6) is 0. The van der Waals surface area contributed by atoms with Crippen LogP contribution >= 0.6 is 11.6 Å². The number of amides is 2. The van der Waals surface area contributed by atoms with Crippen LogP contribution in [0.25, 0.3) is 0 Å². The number of carbonyl (C=O) groups is 1. The number of nitrogens with two attached hydrogens (primary N) is 1. The molecule has 0 spiro atoms. The van der Waals surface area contributed by atoms with Gasteiger partial charge in [0.25, 0.3) is 0 Å². The third-order valence-corrected chi connectivity index (χ3v) is 3.36. The molecule has 0 saturated heterocycles. The molecule has 2 amide bonds. The molecule has 5 heteroatoms. The normalized spacial score (nSPS) is 10.2. The number of aryl methyl sites for hydroxylation is 1. The molecule has 0 radical (unpaired) electrons. The van der Waals surface area contributed by atoms with Crippen molar-refractivity contribution in [2.24, 2.45) is 0 Å². The number of carbonyl (C=O) groups excluding carboxylic acids is 1. The summed E-state index contributed by atoms with van der Waals surface area (Å²) in [6, 6.07) is 10.2. The van der Waals surface area contributed by atoms with Crippen molar-refractivity contribution in [3.63, 3.8) is 0 Å². The number of nitrogen functional groups attached to an aromatic ring is 1. The number of urea groups is 1. The largest absolute Gasteiger partial charge is 0.397 e. The van der Waals surface area contributed by atoms with Gasteiger partial charge in [-0.05, 0) is 55.3 Å². The van der Waals surface area contributed by atoms with E-state index in [0.29, 0.717) is 22.1 Å². The molecule has 0 aliphatic rings. The molecule has 4 nitrogen and oxygen atoms in total. The summed E-state index contributed by atoms with van der Waals surface area (Å²) in [5.41, 5.74) is 9.76. The van der Waals surface area contributed by atoms with Crippen LogP contribution in [-0.4, -0.2) is 6.03 Å². The second-order valence-electron chi connectivity index (χ2n) is 4.56. The number of nitrogens with one attached hydrogen (secondary N) is 2. The van der Waals surface area contributed by atoms with Gasteiger partial charge < -0.3 is 16.4 Å². The molecule has 20 heavy (non-hydrogen) atoms. The van der Waals surface area contributed by atoms with Crippen LogP contribution in [0.15, 0.2) is 36.4 Å². The maximum absolute atomic E-state index is 12.0. The molecule has 0 aliphatic carbocycles. The molecule has 2 aromatic rings. The topological polar surface area (TPSA) is 67.1 Å². The zero-order chi connectivity index (χ0) is 14.7. The molecule has 2 rings (SSSR count). The van der Waals surface area contributed by atoms with E-state index >= 15 is 0 Å². The number of hydrogen-bond acceptors (Lipinski definition) is 2. The van der Waals surface area contributed by atoms with E-state index in [1.54, 1.807) is 30.3 Å². The van der Waals surface area contributed by atoms with Crippen LogP contribution in [0.4, 0.5) is 21.9 Å². The second-order valence-corrected chi connectivity index (χ2v) is 4.99. The van der Waals surface area contributed by atoms with Crippen molar-refractivity contribution in [1.29, 1.82) is 0 Å². The molecular weight excluding hydrogens is 274 g/mol. The fourth-order valence-corrected chi connectivity index (χ4v) is 1.94. The summed E-state index contributed by atoms with van der Waals surface area (Å²) in [7, 11) is 0. The van der Waals surface area contributed by atoms with Crippen LogP contribution in [0, 0.1) is 13.8 Å². The lowest BCUT2D eigenvalue weighted by molar-refractivity contribution is 0.262. The predicted molar refractivity (Wildman–Crippen MR) is 84.4 cm³/mol. The Morgan fingerprint density at radius 1 is 1.05 bits per heavy atom. The van der Waals surface area contributed by atoms with Crippen molar-refractivity contribution in [3.8, 4) is 0 Å². The molecule has 0 atom stereocenters. The molecule has 0 unspecified atom stereocenters. The highest BCUT2D eigenvalue weighted by atomic mass is 35.5. The number of halogens is 1. The monoisotopic (exact) mass is 289 g/mol. The van der Waals surface area contributed by atoms with Crippen LogP contribution in [-0.2, 0) is 0 Å².